The summed E-state index contributed by atoms with van der Waals surface area (Å²) in [6, 6.07) is 12.8. The fourth-order valence-corrected chi connectivity index (χ4v) is 5.99. The Balaban J connectivity index is 0.000000623. The van der Waals surface area contributed by atoms with Crippen LogP contribution in [0.5, 0.6) is 0 Å². The summed E-state index contributed by atoms with van der Waals surface area (Å²) in [7, 11) is 0. The number of nitrogens with one attached hydrogen (secondary N) is 1. The van der Waals surface area contributed by atoms with Crippen LogP contribution in [0.3, 0.4) is 0 Å². The first-order valence-electron chi connectivity index (χ1n) is 12.4. The molecule has 4 nitrogen and oxygen atoms in total. The number of rotatable bonds is 8. The van der Waals surface area contributed by atoms with E-state index in [4.69, 9.17) is 17.3 Å². The molecule has 2 aromatic heterocycles. The zero-order valence-electron chi connectivity index (χ0n) is 21.4. The molecule has 1 unspecified atom stereocenters. The number of unbranched alkanes of at least 4 members (excludes halogenated alkanes) is 2. The highest BCUT2D eigenvalue weighted by Crippen LogP contribution is 2.41. The maximum absolute atomic E-state index is 6.56. The number of benzene rings is 1. The summed E-state index contributed by atoms with van der Waals surface area (Å²) in [4.78, 5) is 10.4. The van der Waals surface area contributed by atoms with Crippen LogP contribution in [0.4, 0.5) is 0 Å². The summed E-state index contributed by atoms with van der Waals surface area (Å²) >= 11 is 9.88. The lowest BCUT2D eigenvalue weighted by atomic mass is 10.0. The predicted molar refractivity (Wildman–Crippen MR) is 157 cm³/mol. The van der Waals surface area contributed by atoms with E-state index in [2.05, 4.69) is 78.8 Å². The van der Waals surface area contributed by atoms with Gasteiger partial charge in [-0.1, -0.05) is 88.7 Å². The first-order chi connectivity index (χ1) is 16.9. The molecule has 3 heterocycles. The van der Waals surface area contributed by atoms with E-state index in [9.17, 15) is 0 Å². The molecule has 0 amide bonds. The van der Waals surface area contributed by atoms with Crippen LogP contribution in [0.1, 0.15) is 82.2 Å². The van der Waals surface area contributed by atoms with Crippen LogP contribution in [0.15, 0.2) is 58.3 Å². The van der Waals surface area contributed by atoms with Crippen molar-refractivity contribution in [3.05, 3.63) is 63.8 Å². The van der Waals surface area contributed by atoms with Crippen molar-refractivity contribution >= 4 is 50.8 Å². The highest BCUT2D eigenvalue weighted by molar-refractivity contribution is 7.96. The van der Waals surface area contributed by atoms with Gasteiger partial charge in [0.15, 0.2) is 0 Å². The SMILES string of the molecule is CCCCC.CSNC(C1=C(Cl)CCC(N)=N1)c1cc2cccc(-c3cc(C(C)C)ccn3)c2s1. The van der Waals surface area contributed by atoms with E-state index in [-0.39, 0.29) is 6.04 Å². The predicted octanol–water partition coefficient (Wildman–Crippen LogP) is 8.79. The largest absolute Gasteiger partial charge is 0.387 e. The number of aromatic nitrogens is 1. The number of hydrogen-bond donors (Lipinski definition) is 2. The van der Waals surface area contributed by atoms with Gasteiger partial charge in [-0.05, 0) is 47.7 Å². The van der Waals surface area contributed by atoms with Crippen LogP contribution in [0, 0.1) is 0 Å². The Kier molecular flexibility index (Phi) is 10.7. The van der Waals surface area contributed by atoms with Gasteiger partial charge in [0.1, 0.15) is 0 Å². The first kappa shape index (κ1) is 27.7. The lowest BCUT2D eigenvalue weighted by Crippen LogP contribution is -2.22. The molecule has 4 rings (SSSR count). The molecule has 1 aliphatic heterocycles. The molecule has 1 aliphatic rings. The van der Waals surface area contributed by atoms with Crippen LogP contribution in [-0.2, 0) is 0 Å². The quantitative estimate of drug-likeness (QED) is 0.287. The molecule has 3 aromatic rings. The third-order valence-electron chi connectivity index (χ3n) is 5.93. The smallest absolute Gasteiger partial charge is 0.0997 e. The van der Waals surface area contributed by atoms with E-state index in [0.29, 0.717) is 18.2 Å². The molecule has 7 heteroatoms. The normalized spacial score (nSPS) is 14.7. The standard InChI is InChI=1S/C23H25ClN4S2.C5H12/c1-13(2)14-9-10-26-18(11-14)16-6-4-5-15-12-19(30-23(15)16)22(28-29-3)21-17(24)7-8-20(25)27-21;1-3-5-4-2/h4-6,9-13,22,28H,7-8H2,1-3H3,(H2,25,27);3-5H2,1-2H3. The molecule has 188 valence electrons. The van der Waals surface area contributed by atoms with Gasteiger partial charge in [0.2, 0.25) is 0 Å². The van der Waals surface area contributed by atoms with Crippen LogP contribution in [0.2, 0.25) is 0 Å². The molecule has 0 fully saturated rings. The molecule has 0 saturated heterocycles. The van der Waals surface area contributed by atoms with E-state index in [1.165, 1.54) is 39.8 Å². The topological polar surface area (TPSA) is 63.3 Å². The summed E-state index contributed by atoms with van der Waals surface area (Å²) < 4.78 is 4.69. The minimum Gasteiger partial charge on any atom is -0.387 e. The number of allylic oxidation sites excluding steroid dienone is 1. The minimum atomic E-state index is -0.105. The zero-order valence-corrected chi connectivity index (χ0v) is 23.8. The Labute approximate surface area is 223 Å². The Morgan fingerprint density at radius 1 is 1.14 bits per heavy atom. The van der Waals surface area contributed by atoms with Gasteiger partial charge in [-0.25, -0.2) is 9.71 Å². The van der Waals surface area contributed by atoms with Crippen molar-refractivity contribution < 1.29 is 0 Å². The number of halogens is 1. The lowest BCUT2D eigenvalue weighted by Gasteiger charge is -2.21. The fraction of sp³-hybridized carbons (Fsp3) is 0.429. The Hall–Kier alpha value is -1.86. The number of hydrogen-bond acceptors (Lipinski definition) is 6. The highest BCUT2D eigenvalue weighted by Gasteiger charge is 2.25. The van der Waals surface area contributed by atoms with Crippen LogP contribution in [0.25, 0.3) is 21.3 Å². The molecular formula is C28H37ClN4S2. The summed E-state index contributed by atoms with van der Waals surface area (Å²) in [5, 5.41) is 1.97. The number of nitrogens with zero attached hydrogens (tertiary/aromatic N) is 2. The Morgan fingerprint density at radius 2 is 1.91 bits per heavy atom. The van der Waals surface area contributed by atoms with Gasteiger partial charge in [-0.15, -0.1) is 11.3 Å². The van der Waals surface area contributed by atoms with Crippen molar-refractivity contribution in [2.45, 2.75) is 71.8 Å². The van der Waals surface area contributed by atoms with E-state index in [1.807, 2.05) is 12.5 Å². The second-order valence-corrected chi connectivity index (χ2v) is 11.2. The zero-order chi connectivity index (χ0) is 25.4. The third kappa shape index (κ3) is 7.10. The van der Waals surface area contributed by atoms with E-state index < -0.39 is 0 Å². The van der Waals surface area contributed by atoms with Gasteiger partial charge in [0.25, 0.3) is 0 Å². The van der Waals surface area contributed by atoms with Crippen LogP contribution >= 0.6 is 34.9 Å². The second-order valence-electron chi connectivity index (χ2n) is 9.00. The average Bonchev–Trinajstić information content (AvgIpc) is 3.29. The molecule has 0 aliphatic carbocycles. The number of fused-ring (bicyclic) bond motifs is 1. The van der Waals surface area contributed by atoms with Crippen molar-refractivity contribution in [1.82, 2.24) is 9.71 Å². The molecule has 1 aromatic carbocycles. The molecular weight excluding hydrogens is 492 g/mol. The van der Waals surface area contributed by atoms with Crippen molar-refractivity contribution in [2.75, 3.05) is 6.26 Å². The Bertz CT molecular complexity index is 1180. The average molecular weight is 529 g/mol. The number of nitrogens with two attached hydrogens (primary N) is 1. The number of pyridine rings is 1. The van der Waals surface area contributed by atoms with Gasteiger partial charge in [0, 0.05) is 32.8 Å². The van der Waals surface area contributed by atoms with E-state index in [0.717, 1.165) is 28.4 Å². The van der Waals surface area contributed by atoms with Gasteiger partial charge in [-0.2, -0.15) is 0 Å². The van der Waals surface area contributed by atoms with Crippen LogP contribution in [-0.4, -0.2) is 17.1 Å². The second kappa shape index (κ2) is 13.4. The van der Waals surface area contributed by atoms with Crippen molar-refractivity contribution in [2.24, 2.45) is 10.7 Å². The number of amidine groups is 1. The number of thiophene rings is 1. The summed E-state index contributed by atoms with van der Waals surface area (Å²) in [5.74, 6) is 1.10. The van der Waals surface area contributed by atoms with Gasteiger partial charge in [-0.3, -0.25) is 4.98 Å². The van der Waals surface area contributed by atoms with E-state index in [1.54, 1.807) is 23.3 Å². The first-order valence-corrected chi connectivity index (χ1v) is 14.8. The lowest BCUT2D eigenvalue weighted by molar-refractivity contribution is 0.764. The molecule has 3 N–H and O–H groups in total. The molecule has 35 heavy (non-hydrogen) atoms. The Morgan fingerprint density at radius 3 is 2.57 bits per heavy atom. The van der Waals surface area contributed by atoms with Gasteiger partial charge in [0.05, 0.1) is 23.3 Å². The maximum Gasteiger partial charge on any atom is 0.0997 e. The molecule has 0 bridgehead atoms. The molecule has 0 spiro atoms. The highest BCUT2D eigenvalue weighted by atomic mass is 35.5. The third-order valence-corrected chi connectivity index (χ3v) is 8.04. The van der Waals surface area contributed by atoms with E-state index >= 15 is 0 Å². The summed E-state index contributed by atoms with van der Waals surface area (Å²) in [6.07, 6.45) is 9.44. The van der Waals surface area contributed by atoms with Gasteiger partial charge < -0.3 is 5.73 Å². The maximum atomic E-state index is 6.56. The monoisotopic (exact) mass is 528 g/mol. The minimum absolute atomic E-state index is 0.105. The molecule has 0 radical (unpaired) electrons. The van der Waals surface area contributed by atoms with Crippen LogP contribution < -0.4 is 10.5 Å². The molecule has 1 atom stereocenters. The van der Waals surface area contributed by atoms with Crippen molar-refractivity contribution in [3.8, 4) is 11.3 Å². The summed E-state index contributed by atoms with van der Waals surface area (Å²) in [6.45, 7) is 8.83. The number of aliphatic imine (C=N–C) groups is 1. The molecule has 0 saturated carbocycles. The summed E-state index contributed by atoms with van der Waals surface area (Å²) in [5.41, 5.74) is 10.3. The van der Waals surface area contributed by atoms with Crippen molar-refractivity contribution in [3.63, 3.8) is 0 Å². The van der Waals surface area contributed by atoms with Gasteiger partial charge >= 0.3 is 0 Å². The van der Waals surface area contributed by atoms with Crippen molar-refractivity contribution in [1.29, 1.82) is 0 Å². The fourth-order valence-electron chi connectivity index (χ4n) is 3.96.